The number of benzene rings is 1. The van der Waals surface area contributed by atoms with Crippen LogP contribution in [-0.4, -0.2) is 80.3 Å². The summed E-state index contributed by atoms with van der Waals surface area (Å²) < 4.78 is 54.1. The van der Waals surface area contributed by atoms with Gasteiger partial charge in [-0.3, -0.25) is 4.79 Å². The van der Waals surface area contributed by atoms with E-state index in [1.54, 1.807) is 0 Å². The molecule has 6 N–H and O–H groups in total. The summed E-state index contributed by atoms with van der Waals surface area (Å²) in [5.74, 6) is -0.720. The first-order valence-corrected chi connectivity index (χ1v) is 12.8. The normalized spacial score (nSPS) is 22.4. The van der Waals surface area contributed by atoms with Crippen molar-refractivity contribution in [3.63, 3.8) is 0 Å². The highest BCUT2D eigenvalue weighted by Crippen LogP contribution is 2.39. The van der Waals surface area contributed by atoms with Gasteiger partial charge in [-0.2, -0.15) is 5.21 Å². The lowest BCUT2D eigenvalue weighted by molar-refractivity contribution is -0.122. The number of aliphatic hydroxyl groups excluding tert-OH is 1. The Bertz CT molecular complexity index is 1230. The molecular formula is C16H22N8O6S2. The number of nitrogens with zero attached hydrogens (tertiary/aromatic N) is 4. The molecule has 0 spiro atoms. The van der Waals surface area contributed by atoms with E-state index >= 15 is 0 Å². The number of hydrogen-bond acceptors (Lipinski definition) is 10. The Kier molecular flexibility index (Phi) is 5.99. The molecule has 0 saturated carbocycles. The van der Waals surface area contributed by atoms with E-state index in [9.17, 15) is 26.7 Å². The Balaban J connectivity index is 1.94. The standard InChI is InChI=1S/C16H22N8O6S2/c17-31(27,28)15-12(32(29,30)21-9-3-5-18-8-9)2-1-11(14(15)16-19-22-23-20-16)24-6-4-10(25)7-13(24)26/h1-2,9-10,18,21,25H,3-8H2,(H2,17,27,28)(H,19,20,22,23). The molecule has 1 aromatic carbocycles. The Hall–Kier alpha value is -2.50. The number of sulfonamides is 2. The van der Waals surface area contributed by atoms with Gasteiger partial charge in [-0.1, -0.05) is 0 Å². The Morgan fingerprint density at radius 3 is 2.59 bits per heavy atom. The van der Waals surface area contributed by atoms with Gasteiger partial charge in [0.15, 0.2) is 0 Å². The number of aromatic amines is 1. The molecule has 1 aromatic heterocycles. The number of H-pyrrole nitrogens is 1. The summed E-state index contributed by atoms with van der Waals surface area (Å²) >= 11 is 0. The van der Waals surface area contributed by atoms with Crippen molar-refractivity contribution >= 4 is 31.6 Å². The van der Waals surface area contributed by atoms with Crippen LogP contribution in [0.4, 0.5) is 5.69 Å². The number of aromatic nitrogens is 4. The van der Waals surface area contributed by atoms with Gasteiger partial charge in [-0.15, -0.1) is 10.2 Å². The molecule has 0 bridgehead atoms. The van der Waals surface area contributed by atoms with Gasteiger partial charge in [0.1, 0.15) is 9.79 Å². The zero-order chi connectivity index (χ0) is 23.1. The van der Waals surface area contributed by atoms with E-state index < -0.39 is 47.9 Å². The van der Waals surface area contributed by atoms with Crippen LogP contribution < -0.4 is 20.1 Å². The van der Waals surface area contributed by atoms with Crippen molar-refractivity contribution in [1.29, 1.82) is 0 Å². The number of primary sulfonamides is 1. The molecule has 14 nitrogen and oxygen atoms in total. The van der Waals surface area contributed by atoms with E-state index in [1.807, 2.05) is 0 Å². The quantitative estimate of drug-likeness (QED) is 0.293. The number of tetrazole rings is 1. The van der Waals surface area contributed by atoms with Gasteiger partial charge >= 0.3 is 0 Å². The first-order chi connectivity index (χ1) is 15.1. The molecule has 1 amide bonds. The van der Waals surface area contributed by atoms with Crippen molar-refractivity contribution in [2.24, 2.45) is 5.14 Å². The summed E-state index contributed by atoms with van der Waals surface area (Å²) in [4.78, 5) is 12.5. The van der Waals surface area contributed by atoms with E-state index in [-0.39, 0.29) is 36.5 Å². The number of hydrogen-bond donors (Lipinski definition) is 5. The van der Waals surface area contributed by atoms with Crippen molar-refractivity contribution in [3.8, 4) is 11.4 Å². The highest BCUT2D eigenvalue weighted by atomic mass is 32.2. The Labute approximate surface area is 183 Å². The predicted octanol–water partition coefficient (Wildman–Crippen LogP) is -2.36. The Morgan fingerprint density at radius 1 is 1.22 bits per heavy atom. The minimum Gasteiger partial charge on any atom is -0.393 e. The minimum atomic E-state index is -4.64. The molecule has 174 valence electrons. The molecule has 2 fully saturated rings. The lowest BCUT2D eigenvalue weighted by atomic mass is 10.0. The summed E-state index contributed by atoms with van der Waals surface area (Å²) in [6.07, 6.45) is -0.218. The SMILES string of the molecule is NS(=O)(=O)c1c(S(=O)(=O)NC2CCNC2)ccc(N2CCC(O)CC2=O)c1-c1nn[nH]n1. The lowest BCUT2D eigenvalue weighted by Crippen LogP contribution is -2.41. The summed E-state index contributed by atoms with van der Waals surface area (Å²) in [6.45, 7) is 1.09. The van der Waals surface area contributed by atoms with Crippen molar-refractivity contribution in [2.45, 2.75) is 41.2 Å². The van der Waals surface area contributed by atoms with Gasteiger partial charge < -0.3 is 15.3 Å². The number of carbonyl (C=O) groups excluding carboxylic acids is 1. The number of amides is 1. The average Bonchev–Trinajstić information content (AvgIpc) is 3.40. The molecule has 0 radical (unpaired) electrons. The lowest BCUT2D eigenvalue weighted by Gasteiger charge is -2.31. The summed E-state index contributed by atoms with van der Waals surface area (Å²) in [6, 6.07) is 1.96. The molecular weight excluding hydrogens is 464 g/mol. The molecule has 2 unspecified atom stereocenters. The number of nitrogens with one attached hydrogen (secondary N) is 3. The van der Waals surface area contributed by atoms with E-state index in [4.69, 9.17) is 5.14 Å². The monoisotopic (exact) mass is 486 g/mol. The van der Waals surface area contributed by atoms with Gasteiger partial charge in [0.05, 0.1) is 23.8 Å². The van der Waals surface area contributed by atoms with Crippen LogP contribution in [0.2, 0.25) is 0 Å². The summed E-state index contributed by atoms with van der Waals surface area (Å²) in [5.41, 5.74) is -0.216. The van der Waals surface area contributed by atoms with Gasteiger partial charge in [-0.05, 0) is 36.7 Å². The van der Waals surface area contributed by atoms with E-state index in [2.05, 4.69) is 30.7 Å². The van der Waals surface area contributed by atoms with Crippen LogP contribution in [0.15, 0.2) is 21.9 Å². The smallest absolute Gasteiger partial charge is 0.242 e. The van der Waals surface area contributed by atoms with E-state index in [1.165, 1.54) is 11.0 Å². The molecule has 2 aliphatic heterocycles. The number of nitrogens with two attached hydrogens (primary N) is 1. The topological polar surface area (TPSA) is 213 Å². The molecule has 3 heterocycles. The maximum atomic E-state index is 13.1. The van der Waals surface area contributed by atoms with Crippen LogP contribution in [-0.2, 0) is 24.8 Å². The van der Waals surface area contributed by atoms with E-state index in [0.29, 0.717) is 19.5 Å². The van der Waals surface area contributed by atoms with Crippen LogP contribution in [0, 0.1) is 0 Å². The second-order valence-corrected chi connectivity index (χ2v) is 10.8. The molecule has 0 aliphatic carbocycles. The largest absolute Gasteiger partial charge is 0.393 e. The maximum Gasteiger partial charge on any atom is 0.242 e. The first-order valence-electron chi connectivity index (χ1n) is 9.73. The molecule has 2 saturated heterocycles. The molecule has 32 heavy (non-hydrogen) atoms. The number of anilines is 1. The maximum absolute atomic E-state index is 13.1. The first kappa shape index (κ1) is 22.7. The minimum absolute atomic E-state index is 0.0498. The van der Waals surface area contributed by atoms with Crippen molar-refractivity contribution in [1.82, 2.24) is 30.7 Å². The molecule has 4 rings (SSSR count). The van der Waals surface area contributed by atoms with Crippen molar-refractivity contribution in [2.75, 3.05) is 24.5 Å². The van der Waals surface area contributed by atoms with Gasteiger partial charge in [0.25, 0.3) is 0 Å². The average molecular weight is 487 g/mol. The van der Waals surface area contributed by atoms with Gasteiger partial charge in [0, 0.05) is 19.1 Å². The molecule has 2 atom stereocenters. The molecule has 16 heteroatoms. The third kappa shape index (κ3) is 4.37. The second-order valence-electron chi connectivity index (χ2n) is 7.57. The van der Waals surface area contributed by atoms with Crippen molar-refractivity contribution in [3.05, 3.63) is 12.1 Å². The number of aliphatic hydroxyl groups is 1. The fourth-order valence-corrected chi connectivity index (χ4v) is 6.73. The highest BCUT2D eigenvalue weighted by Gasteiger charge is 2.36. The van der Waals surface area contributed by atoms with Crippen LogP contribution >= 0.6 is 0 Å². The van der Waals surface area contributed by atoms with Crippen LogP contribution in [0.5, 0.6) is 0 Å². The fourth-order valence-electron chi connectivity index (χ4n) is 3.87. The zero-order valence-electron chi connectivity index (χ0n) is 16.7. The number of piperidine rings is 1. The summed E-state index contributed by atoms with van der Waals surface area (Å²) in [5, 5.41) is 31.5. The second kappa shape index (κ2) is 8.45. The summed E-state index contributed by atoms with van der Waals surface area (Å²) in [7, 11) is -8.96. The van der Waals surface area contributed by atoms with Crippen LogP contribution in [0.25, 0.3) is 11.4 Å². The number of rotatable bonds is 6. The van der Waals surface area contributed by atoms with Gasteiger partial charge in [-0.25, -0.2) is 26.7 Å². The number of carbonyl (C=O) groups is 1. The van der Waals surface area contributed by atoms with E-state index in [0.717, 1.165) is 6.07 Å². The van der Waals surface area contributed by atoms with Gasteiger partial charge in [0.2, 0.25) is 31.8 Å². The predicted molar refractivity (Wildman–Crippen MR) is 110 cm³/mol. The highest BCUT2D eigenvalue weighted by molar-refractivity contribution is 7.92. The third-order valence-electron chi connectivity index (χ3n) is 5.31. The molecule has 2 aromatic rings. The fraction of sp³-hybridized carbons (Fsp3) is 0.500. The third-order valence-corrected chi connectivity index (χ3v) is 8.00. The van der Waals surface area contributed by atoms with Crippen LogP contribution in [0.3, 0.4) is 0 Å². The molecule has 2 aliphatic rings. The van der Waals surface area contributed by atoms with Crippen LogP contribution in [0.1, 0.15) is 19.3 Å². The zero-order valence-corrected chi connectivity index (χ0v) is 18.4. The van der Waals surface area contributed by atoms with Crippen molar-refractivity contribution < 1.29 is 26.7 Å². The Morgan fingerprint density at radius 2 is 2.00 bits per heavy atom.